The minimum Gasteiger partial charge on any atom is -0.344 e. The van der Waals surface area contributed by atoms with Crippen molar-refractivity contribution < 1.29 is 4.79 Å². The topological polar surface area (TPSA) is 44.1 Å². The lowest BCUT2D eigenvalue weighted by Gasteiger charge is -2.22. The second-order valence-corrected chi connectivity index (χ2v) is 4.18. The Bertz CT molecular complexity index is 244. The zero-order chi connectivity index (χ0) is 10.6. The molecule has 0 saturated heterocycles. The molecule has 1 rings (SSSR count). The molecule has 0 aromatic rings. The summed E-state index contributed by atoms with van der Waals surface area (Å²) in [5, 5.41) is 8.43. The van der Waals surface area contributed by atoms with E-state index in [9.17, 15) is 4.79 Å². The Hall–Kier alpha value is -1.04. The lowest BCUT2D eigenvalue weighted by molar-refractivity contribution is -0.135. The fourth-order valence-electron chi connectivity index (χ4n) is 2.12. The molecule has 0 radical (unpaired) electrons. The Morgan fingerprint density at radius 3 is 2.79 bits per heavy atom. The van der Waals surface area contributed by atoms with Gasteiger partial charge in [-0.3, -0.25) is 4.79 Å². The van der Waals surface area contributed by atoms with Crippen LogP contribution < -0.4 is 0 Å². The average molecular weight is 194 g/mol. The van der Waals surface area contributed by atoms with Crippen molar-refractivity contribution in [3.05, 3.63) is 0 Å². The first-order valence-electron chi connectivity index (χ1n) is 5.28. The molecule has 0 aliphatic heterocycles. The van der Waals surface area contributed by atoms with Crippen molar-refractivity contribution in [2.75, 3.05) is 13.6 Å². The quantitative estimate of drug-likeness (QED) is 0.687. The van der Waals surface area contributed by atoms with Crippen LogP contribution in [0, 0.1) is 23.2 Å². The molecule has 0 N–H and O–H groups in total. The minimum absolute atomic E-state index is 0.207. The Balaban J connectivity index is 2.44. The lowest BCUT2D eigenvalue weighted by Crippen LogP contribution is -2.34. The normalized spacial score (nSPS) is 25.8. The number of carbonyl (C=O) groups is 1. The van der Waals surface area contributed by atoms with Gasteiger partial charge in [-0.05, 0) is 18.8 Å². The monoisotopic (exact) mass is 194 g/mol. The van der Waals surface area contributed by atoms with Gasteiger partial charge in [-0.15, -0.1) is 0 Å². The summed E-state index contributed by atoms with van der Waals surface area (Å²) in [5.41, 5.74) is 0. The lowest BCUT2D eigenvalue weighted by atomic mass is 9.97. The molecule has 0 aromatic carbocycles. The van der Waals surface area contributed by atoms with E-state index >= 15 is 0 Å². The van der Waals surface area contributed by atoms with Gasteiger partial charge in [0, 0.05) is 19.5 Å². The summed E-state index contributed by atoms with van der Waals surface area (Å²) in [5.74, 6) is 0.955. The zero-order valence-corrected chi connectivity index (χ0v) is 8.99. The summed E-state index contributed by atoms with van der Waals surface area (Å²) in [7, 11) is 1.80. The number of amides is 1. The van der Waals surface area contributed by atoms with Crippen LogP contribution in [0.4, 0.5) is 0 Å². The standard InChI is InChI=1S/C11H18N2O/c1-9-5-3-6-10(9)11(14)13(2)8-4-7-12/h9-10H,3-6,8H2,1-2H3. The fourth-order valence-corrected chi connectivity index (χ4v) is 2.12. The predicted molar refractivity (Wildman–Crippen MR) is 54.4 cm³/mol. The molecule has 1 saturated carbocycles. The van der Waals surface area contributed by atoms with E-state index in [1.165, 1.54) is 12.8 Å². The van der Waals surface area contributed by atoms with Crippen molar-refractivity contribution in [3.8, 4) is 6.07 Å². The Kier molecular flexibility index (Phi) is 3.94. The van der Waals surface area contributed by atoms with Crippen molar-refractivity contribution in [1.82, 2.24) is 4.90 Å². The molecule has 2 unspecified atom stereocenters. The molecule has 14 heavy (non-hydrogen) atoms. The second-order valence-electron chi connectivity index (χ2n) is 4.18. The first-order chi connectivity index (χ1) is 6.66. The van der Waals surface area contributed by atoms with Crippen LogP contribution >= 0.6 is 0 Å². The zero-order valence-electron chi connectivity index (χ0n) is 8.99. The van der Waals surface area contributed by atoms with E-state index in [0.717, 1.165) is 6.42 Å². The molecule has 0 heterocycles. The first kappa shape index (κ1) is 11.0. The van der Waals surface area contributed by atoms with Crippen LogP contribution in [0.15, 0.2) is 0 Å². The molecule has 1 aliphatic carbocycles. The van der Waals surface area contributed by atoms with Gasteiger partial charge >= 0.3 is 0 Å². The number of hydrogen-bond donors (Lipinski definition) is 0. The highest BCUT2D eigenvalue weighted by atomic mass is 16.2. The molecule has 3 heteroatoms. The summed E-state index contributed by atoms with van der Waals surface area (Å²) < 4.78 is 0. The summed E-state index contributed by atoms with van der Waals surface area (Å²) in [6, 6.07) is 2.06. The van der Waals surface area contributed by atoms with Crippen LogP contribution in [0.25, 0.3) is 0 Å². The van der Waals surface area contributed by atoms with E-state index in [0.29, 0.717) is 18.9 Å². The summed E-state index contributed by atoms with van der Waals surface area (Å²) in [4.78, 5) is 13.6. The van der Waals surface area contributed by atoms with Crippen LogP contribution in [0.1, 0.15) is 32.6 Å². The fraction of sp³-hybridized carbons (Fsp3) is 0.818. The van der Waals surface area contributed by atoms with Gasteiger partial charge in [-0.2, -0.15) is 5.26 Å². The Labute approximate surface area is 85.7 Å². The van der Waals surface area contributed by atoms with Crippen molar-refractivity contribution in [1.29, 1.82) is 5.26 Å². The molecule has 2 atom stereocenters. The number of nitrogens with zero attached hydrogens (tertiary/aromatic N) is 2. The number of hydrogen-bond acceptors (Lipinski definition) is 2. The highest BCUT2D eigenvalue weighted by Gasteiger charge is 2.31. The summed E-state index contributed by atoms with van der Waals surface area (Å²) >= 11 is 0. The molecule has 3 nitrogen and oxygen atoms in total. The minimum atomic E-state index is 0.207. The SMILES string of the molecule is CC1CCCC1C(=O)N(C)CCC#N. The molecule has 0 aromatic heterocycles. The molecule has 1 aliphatic rings. The van der Waals surface area contributed by atoms with Crippen molar-refractivity contribution >= 4 is 5.91 Å². The highest BCUT2D eigenvalue weighted by Crippen LogP contribution is 2.32. The van der Waals surface area contributed by atoms with Gasteiger partial charge in [0.2, 0.25) is 5.91 Å². The molecule has 0 spiro atoms. The Morgan fingerprint density at radius 1 is 1.57 bits per heavy atom. The number of carbonyl (C=O) groups excluding carboxylic acids is 1. The maximum Gasteiger partial charge on any atom is 0.225 e. The molecule has 1 amide bonds. The summed E-state index contributed by atoms with van der Waals surface area (Å²) in [6.45, 7) is 2.71. The average Bonchev–Trinajstić information content (AvgIpc) is 2.59. The maximum absolute atomic E-state index is 11.9. The van der Waals surface area contributed by atoms with Gasteiger partial charge in [-0.25, -0.2) is 0 Å². The van der Waals surface area contributed by atoms with E-state index in [-0.39, 0.29) is 11.8 Å². The highest BCUT2D eigenvalue weighted by molar-refractivity contribution is 5.79. The molecular formula is C11H18N2O. The molecule has 0 bridgehead atoms. The molecular weight excluding hydrogens is 176 g/mol. The predicted octanol–water partition coefficient (Wildman–Crippen LogP) is 1.79. The van der Waals surface area contributed by atoms with Crippen molar-refractivity contribution in [2.24, 2.45) is 11.8 Å². The third kappa shape index (κ3) is 2.47. The molecule has 78 valence electrons. The smallest absolute Gasteiger partial charge is 0.225 e. The largest absolute Gasteiger partial charge is 0.344 e. The Morgan fingerprint density at radius 2 is 2.29 bits per heavy atom. The summed E-state index contributed by atoms with van der Waals surface area (Å²) in [6.07, 6.45) is 3.80. The van der Waals surface area contributed by atoms with Crippen molar-refractivity contribution in [2.45, 2.75) is 32.6 Å². The van der Waals surface area contributed by atoms with Gasteiger partial charge in [0.05, 0.1) is 12.5 Å². The second kappa shape index (κ2) is 4.99. The van der Waals surface area contributed by atoms with Crippen LogP contribution in [0.3, 0.4) is 0 Å². The van der Waals surface area contributed by atoms with Gasteiger partial charge < -0.3 is 4.90 Å². The third-order valence-electron chi connectivity index (χ3n) is 3.11. The van der Waals surface area contributed by atoms with Gasteiger partial charge in [0.25, 0.3) is 0 Å². The van der Waals surface area contributed by atoms with Gasteiger partial charge in [0.15, 0.2) is 0 Å². The van der Waals surface area contributed by atoms with Crippen LogP contribution in [-0.4, -0.2) is 24.4 Å². The van der Waals surface area contributed by atoms with E-state index in [2.05, 4.69) is 13.0 Å². The third-order valence-corrected chi connectivity index (χ3v) is 3.11. The maximum atomic E-state index is 11.9. The van der Waals surface area contributed by atoms with Gasteiger partial charge in [0.1, 0.15) is 0 Å². The first-order valence-corrected chi connectivity index (χ1v) is 5.28. The number of rotatable bonds is 3. The van der Waals surface area contributed by atoms with E-state index in [1.807, 2.05) is 0 Å². The van der Waals surface area contributed by atoms with Crippen LogP contribution in [0.2, 0.25) is 0 Å². The number of nitriles is 1. The molecule has 1 fully saturated rings. The van der Waals surface area contributed by atoms with E-state index < -0.39 is 0 Å². The van der Waals surface area contributed by atoms with Gasteiger partial charge in [-0.1, -0.05) is 13.3 Å². The van der Waals surface area contributed by atoms with E-state index in [1.54, 1.807) is 11.9 Å². The van der Waals surface area contributed by atoms with E-state index in [4.69, 9.17) is 5.26 Å². The van der Waals surface area contributed by atoms with Crippen LogP contribution in [0.5, 0.6) is 0 Å². The van der Waals surface area contributed by atoms with Crippen molar-refractivity contribution in [3.63, 3.8) is 0 Å². The van der Waals surface area contributed by atoms with Crippen LogP contribution in [-0.2, 0) is 4.79 Å².